The number of ether oxygens (including phenoxy) is 2. The predicted molar refractivity (Wildman–Crippen MR) is 182 cm³/mol. The molecule has 0 radical (unpaired) electrons. The van der Waals surface area contributed by atoms with E-state index in [9.17, 15) is 19.2 Å². The van der Waals surface area contributed by atoms with E-state index in [1.807, 2.05) is 38.7 Å². The average Bonchev–Trinajstić information content (AvgIpc) is 3.58. The van der Waals surface area contributed by atoms with Crippen LogP contribution in [0.4, 0.5) is 14.9 Å². The van der Waals surface area contributed by atoms with Crippen molar-refractivity contribution in [1.29, 1.82) is 5.26 Å². The Labute approximate surface area is 287 Å². The van der Waals surface area contributed by atoms with Crippen LogP contribution < -0.4 is 4.90 Å². The van der Waals surface area contributed by atoms with Gasteiger partial charge >= 0.3 is 6.09 Å². The molecule has 0 unspecified atom stereocenters. The number of pyridine rings is 1. The number of anilines is 1. The molecule has 3 aromatic rings. The topological polar surface area (TPSA) is 120 Å². The quantitative estimate of drug-likeness (QED) is 0.383. The van der Waals surface area contributed by atoms with Gasteiger partial charge in [-0.15, -0.1) is 5.10 Å². The summed E-state index contributed by atoms with van der Waals surface area (Å²) in [4.78, 5) is 40.5. The number of carbonyl (C=O) groups excluding carboxylic acids is 2. The summed E-state index contributed by atoms with van der Waals surface area (Å²) >= 11 is 0. The summed E-state index contributed by atoms with van der Waals surface area (Å²) in [6.07, 6.45) is 0.0797. The second kappa shape index (κ2) is 13.3. The third kappa shape index (κ3) is 7.27. The molecule has 3 aliphatic rings. The van der Waals surface area contributed by atoms with E-state index in [0.29, 0.717) is 51.5 Å². The van der Waals surface area contributed by atoms with Gasteiger partial charge in [0.05, 0.1) is 31.1 Å². The Bertz CT molecular complexity index is 1760. The highest BCUT2D eigenvalue weighted by Gasteiger charge is 2.44. The maximum atomic E-state index is 14.5. The average molecular weight is 675 g/mol. The maximum Gasteiger partial charge on any atom is 0.410 e. The van der Waals surface area contributed by atoms with Gasteiger partial charge in [-0.3, -0.25) is 14.6 Å². The van der Waals surface area contributed by atoms with Crippen molar-refractivity contribution in [2.75, 3.05) is 57.4 Å². The molecule has 2 amide bonds. The molecule has 6 rings (SSSR count). The number of nitrogens with zero attached hydrogens (tertiary/aromatic N) is 8. The number of halogens is 1. The lowest BCUT2D eigenvalue weighted by atomic mass is 9.90. The molecule has 2 aromatic heterocycles. The van der Waals surface area contributed by atoms with Gasteiger partial charge in [0, 0.05) is 68.2 Å². The summed E-state index contributed by atoms with van der Waals surface area (Å²) in [6, 6.07) is 10.3. The van der Waals surface area contributed by atoms with Crippen molar-refractivity contribution in [2.24, 2.45) is 0 Å². The van der Waals surface area contributed by atoms with E-state index >= 15 is 0 Å². The number of nitriles is 1. The van der Waals surface area contributed by atoms with Crippen LogP contribution in [0, 0.1) is 17.1 Å². The first-order valence-electron chi connectivity index (χ1n) is 17.1. The Kier molecular flexibility index (Phi) is 9.43. The van der Waals surface area contributed by atoms with E-state index in [1.165, 1.54) is 12.1 Å². The number of carbonyl (C=O) groups is 2. The van der Waals surface area contributed by atoms with Gasteiger partial charge in [0.25, 0.3) is 5.82 Å². The van der Waals surface area contributed by atoms with Crippen LogP contribution in [0.2, 0.25) is 0 Å². The van der Waals surface area contributed by atoms with E-state index in [0.717, 1.165) is 29.1 Å². The second-order valence-electron chi connectivity index (χ2n) is 15.3. The lowest BCUT2D eigenvalue weighted by Crippen LogP contribution is -2.64. The highest BCUT2D eigenvalue weighted by molar-refractivity contribution is 5.98. The van der Waals surface area contributed by atoms with Gasteiger partial charge in [-0.05, 0) is 58.4 Å². The summed E-state index contributed by atoms with van der Waals surface area (Å²) < 4.78 is 26.9. The fourth-order valence-electron chi connectivity index (χ4n) is 7.31. The number of morpholine rings is 1. The molecule has 0 spiro atoms. The molecule has 0 saturated carbocycles. The molecule has 0 bridgehead atoms. The van der Waals surface area contributed by atoms with Crippen LogP contribution in [0.15, 0.2) is 30.3 Å². The normalized spacial score (nSPS) is 23.0. The predicted octanol–water partition coefficient (Wildman–Crippen LogP) is 3.99. The first kappa shape index (κ1) is 34.7. The van der Waals surface area contributed by atoms with Crippen molar-refractivity contribution >= 4 is 23.3 Å². The summed E-state index contributed by atoms with van der Waals surface area (Å²) in [6.45, 7) is 18.2. The molecular formula is C36H47FN8O4. The SMILES string of the molecule is C[C@@H]1COCCN1C[C@H]1CN(C(=O)OC(C)(C)C)[C@H](C)CN1CC(=O)N1CC(C)(C)c2c1cc(Cc1ccc(F)cc1)c1nc(C#N)nn21. The largest absolute Gasteiger partial charge is 0.444 e. The van der Waals surface area contributed by atoms with Gasteiger partial charge in [0.15, 0.2) is 5.65 Å². The minimum Gasteiger partial charge on any atom is -0.444 e. The van der Waals surface area contributed by atoms with Crippen molar-refractivity contribution in [3.05, 3.63) is 58.8 Å². The number of amides is 2. The molecule has 13 heteroatoms. The van der Waals surface area contributed by atoms with E-state index in [2.05, 4.69) is 46.7 Å². The van der Waals surface area contributed by atoms with Crippen LogP contribution in [-0.2, 0) is 26.1 Å². The van der Waals surface area contributed by atoms with Gasteiger partial charge in [-0.25, -0.2) is 13.7 Å². The third-order valence-corrected chi connectivity index (χ3v) is 9.73. The zero-order valence-corrected chi connectivity index (χ0v) is 29.6. The molecule has 3 atom stereocenters. The minimum atomic E-state index is -0.618. The van der Waals surface area contributed by atoms with E-state index in [-0.39, 0.29) is 48.3 Å². The van der Waals surface area contributed by atoms with Crippen LogP contribution in [-0.4, -0.2) is 118 Å². The number of piperazine rings is 1. The van der Waals surface area contributed by atoms with E-state index < -0.39 is 11.0 Å². The Balaban J connectivity index is 1.31. The molecule has 0 aliphatic carbocycles. The monoisotopic (exact) mass is 674 g/mol. The van der Waals surface area contributed by atoms with Crippen molar-refractivity contribution in [1.82, 2.24) is 29.3 Å². The number of benzene rings is 1. The summed E-state index contributed by atoms with van der Waals surface area (Å²) in [5.74, 6) is -0.331. The molecule has 0 N–H and O–H groups in total. The van der Waals surface area contributed by atoms with Crippen LogP contribution in [0.5, 0.6) is 0 Å². The van der Waals surface area contributed by atoms with Gasteiger partial charge in [0.1, 0.15) is 17.5 Å². The van der Waals surface area contributed by atoms with Crippen molar-refractivity contribution in [2.45, 2.75) is 84.0 Å². The zero-order valence-electron chi connectivity index (χ0n) is 29.6. The van der Waals surface area contributed by atoms with Crippen LogP contribution >= 0.6 is 0 Å². The number of hydrogen-bond acceptors (Lipinski definition) is 9. The lowest BCUT2D eigenvalue weighted by Gasteiger charge is -2.47. The van der Waals surface area contributed by atoms with Gasteiger partial charge < -0.3 is 19.3 Å². The first-order chi connectivity index (χ1) is 23.1. The fraction of sp³-hybridized carbons (Fsp3) is 0.583. The molecule has 5 heterocycles. The highest BCUT2D eigenvalue weighted by Crippen LogP contribution is 2.42. The Morgan fingerprint density at radius 3 is 2.53 bits per heavy atom. The van der Waals surface area contributed by atoms with Crippen molar-refractivity contribution < 1.29 is 23.5 Å². The van der Waals surface area contributed by atoms with Crippen LogP contribution in [0.25, 0.3) is 5.65 Å². The number of aromatic nitrogens is 3. The fourth-order valence-corrected chi connectivity index (χ4v) is 7.31. The molecule has 2 saturated heterocycles. The Hall–Kier alpha value is -4.12. The van der Waals surface area contributed by atoms with E-state index in [4.69, 9.17) is 9.47 Å². The van der Waals surface area contributed by atoms with Crippen molar-refractivity contribution in [3.8, 4) is 6.07 Å². The Morgan fingerprint density at radius 2 is 1.86 bits per heavy atom. The maximum absolute atomic E-state index is 14.5. The van der Waals surface area contributed by atoms with Crippen LogP contribution in [0.3, 0.4) is 0 Å². The third-order valence-electron chi connectivity index (χ3n) is 9.73. The summed E-state index contributed by atoms with van der Waals surface area (Å²) in [7, 11) is 0. The second-order valence-corrected chi connectivity index (χ2v) is 15.3. The number of rotatable bonds is 6. The molecule has 2 fully saturated rings. The Morgan fingerprint density at radius 1 is 1.12 bits per heavy atom. The summed E-state index contributed by atoms with van der Waals surface area (Å²) in [5.41, 5.74) is 2.65. The van der Waals surface area contributed by atoms with Gasteiger partial charge in [-0.1, -0.05) is 26.0 Å². The molecule has 12 nitrogen and oxygen atoms in total. The minimum absolute atomic E-state index is 0.0476. The highest BCUT2D eigenvalue weighted by atomic mass is 19.1. The smallest absolute Gasteiger partial charge is 0.410 e. The van der Waals surface area contributed by atoms with E-state index in [1.54, 1.807) is 21.5 Å². The molecule has 49 heavy (non-hydrogen) atoms. The molecule has 3 aliphatic heterocycles. The standard InChI is InChI=1S/C36H47FN8O4/c1-23-17-42(28(18-41-12-13-48-21-24(41)2)19-43(23)34(47)49-35(3,4)5)20-31(46)44-22-36(6,7)32-29(44)15-26(14-25-8-10-27(37)11-9-25)33-39-30(16-38)40-45(32)33/h8-11,15,23-24,28H,12-14,17-22H2,1-7H3/t23-,24-,28+/m1/s1. The summed E-state index contributed by atoms with van der Waals surface area (Å²) in [5, 5.41) is 14.2. The first-order valence-corrected chi connectivity index (χ1v) is 17.1. The molecule has 262 valence electrons. The lowest BCUT2D eigenvalue weighted by molar-refractivity contribution is -0.121. The van der Waals surface area contributed by atoms with Gasteiger partial charge in [-0.2, -0.15) is 10.2 Å². The van der Waals surface area contributed by atoms with Crippen LogP contribution in [0.1, 0.15) is 71.1 Å². The van der Waals surface area contributed by atoms with Crippen molar-refractivity contribution in [3.63, 3.8) is 0 Å². The molecular weight excluding hydrogens is 627 g/mol. The number of hydrogen-bond donors (Lipinski definition) is 0. The molecule has 1 aromatic carbocycles. The zero-order chi connectivity index (χ0) is 35.2. The number of fused-ring (bicyclic) bond motifs is 3. The van der Waals surface area contributed by atoms with Gasteiger partial charge in [0.2, 0.25) is 5.91 Å².